The largest absolute Gasteiger partial charge is 0.371 e. The lowest BCUT2D eigenvalue weighted by atomic mass is 10.1. The zero-order valence-corrected chi connectivity index (χ0v) is 17.4. The molecule has 1 aliphatic rings. The van der Waals surface area contributed by atoms with Gasteiger partial charge in [0.1, 0.15) is 5.82 Å². The van der Waals surface area contributed by atoms with Gasteiger partial charge in [0.15, 0.2) is 5.96 Å². The number of halogens is 1. The predicted octanol–water partition coefficient (Wildman–Crippen LogP) is 3.88. The molecular formula is C22H29FN4S. The van der Waals surface area contributed by atoms with E-state index >= 15 is 0 Å². The SMILES string of the molecule is CN=C(NCc1ccc(F)cc1CSC)NCC1CCN(c2ccccc2)C1. The van der Waals surface area contributed by atoms with Gasteiger partial charge >= 0.3 is 0 Å². The van der Waals surface area contributed by atoms with E-state index in [9.17, 15) is 4.39 Å². The molecule has 0 radical (unpaired) electrons. The highest BCUT2D eigenvalue weighted by atomic mass is 32.2. The molecule has 1 saturated heterocycles. The fraction of sp³-hybridized carbons (Fsp3) is 0.409. The average molecular weight is 401 g/mol. The molecule has 6 heteroatoms. The minimum Gasteiger partial charge on any atom is -0.371 e. The number of thioether (sulfide) groups is 1. The van der Waals surface area contributed by atoms with Crippen LogP contribution in [0.1, 0.15) is 17.5 Å². The minimum absolute atomic E-state index is 0.181. The van der Waals surface area contributed by atoms with Gasteiger partial charge in [-0.1, -0.05) is 24.3 Å². The van der Waals surface area contributed by atoms with Crippen molar-refractivity contribution in [3.63, 3.8) is 0 Å². The molecule has 1 aliphatic heterocycles. The Morgan fingerprint density at radius 3 is 2.75 bits per heavy atom. The maximum absolute atomic E-state index is 13.5. The number of hydrogen-bond acceptors (Lipinski definition) is 3. The standard InChI is InChI=1S/C22H29FN4S/c1-24-22(26-14-18-8-9-20(23)12-19(18)16-28-2)25-13-17-10-11-27(15-17)21-6-4-3-5-7-21/h3-9,12,17H,10-11,13-16H2,1-2H3,(H2,24,25,26). The van der Waals surface area contributed by atoms with Crippen LogP contribution < -0.4 is 15.5 Å². The first kappa shape index (κ1) is 20.5. The van der Waals surface area contributed by atoms with Crippen LogP contribution in [0.5, 0.6) is 0 Å². The molecule has 0 aliphatic carbocycles. The van der Waals surface area contributed by atoms with Gasteiger partial charge in [-0.15, -0.1) is 0 Å². The Bertz CT molecular complexity index is 781. The summed E-state index contributed by atoms with van der Waals surface area (Å²) in [5.74, 6) is 2.01. The van der Waals surface area contributed by atoms with Gasteiger partial charge in [0.25, 0.3) is 0 Å². The molecule has 1 heterocycles. The Kier molecular flexibility index (Phi) is 7.60. The molecule has 1 atom stereocenters. The van der Waals surface area contributed by atoms with Crippen molar-refractivity contribution in [3.05, 3.63) is 65.5 Å². The molecule has 2 aromatic carbocycles. The van der Waals surface area contributed by atoms with Crippen molar-refractivity contribution in [2.45, 2.75) is 18.7 Å². The maximum atomic E-state index is 13.5. The summed E-state index contributed by atoms with van der Waals surface area (Å²) < 4.78 is 13.5. The second-order valence-electron chi connectivity index (χ2n) is 7.09. The van der Waals surface area contributed by atoms with E-state index in [1.807, 2.05) is 12.3 Å². The van der Waals surface area contributed by atoms with E-state index in [4.69, 9.17) is 0 Å². The number of para-hydroxylation sites is 1. The number of hydrogen-bond donors (Lipinski definition) is 2. The molecule has 0 saturated carbocycles. The van der Waals surface area contributed by atoms with Crippen LogP contribution in [0, 0.1) is 11.7 Å². The highest BCUT2D eigenvalue weighted by Crippen LogP contribution is 2.23. The molecule has 0 aromatic heterocycles. The van der Waals surface area contributed by atoms with Crippen molar-refractivity contribution in [1.29, 1.82) is 0 Å². The number of benzene rings is 2. The summed E-state index contributed by atoms with van der Waals surface area (Å²) in [4.78, 5) is 6.78. The smallest absolute Gasteiger partial charge is 0.191 e. The van der Waals surface area contributed by atoms with Gasteiger partial charge in [0, 0.05) is 44.7 Å². The summed E-state index contributed by atoms with van der Waals surface area (Å²) >= 11 is 1.70. The monoisotopic (exact) mass is 400 g/mol. The van der Waals surface area contributed by atoms with Crippen LogP contribution in [0.25, 0.3) is 0 Å². The average Bonchev–Trinajstić information content (AvgIpc) is 3.19. The van der Waals surface area contributed by atoms with Crippen molar-refractivity contribution in [2.75, 3.05) is 37.8 Å². The van der Waals surface area contributed by atoms with Crippen LogP contribution in [0.4, 0.5) is 10.1 Å². The maximum Gasteiger partial charge on any atom is 0.191 e. The van der Waals surface area contributed by atoms with Gasteiger partial charge in [-0.25, -0.2) is 4.39 Å². The second kappa shape index (κ2) is 10.4. The molecule has 150 valence electrons. The number of nitrogens with one attached hydrogen (secondary N) is 2. The summed E-state index contributed by atoms with van der Waals surface area (Å²) in [6, 6.07) is 15.6. The van der Waals surface area contributed by atoms with Gasteiger partial charge < -0.3 is 15.5 Å². The van der Waals surface area contributed by atoms with Crippen molar-refractivity contribution < 1.29 is 4.39 Å². The van der Waals surface area contributed by atoms with E-state index in [-0.39, 0.29) is 5.82 Å². The first-order valence-corrected chi connectivity index (χ1v) is 11.1. The molecule has 3 rings (SSSR count). The Hall–Kier alpha value is -2.21. The number of anilines is 1. The third kappa shape index (κ3) is 5.64. The van der Waals surface area contributed by atoms with E-state index in [1.165, 1.54) is 18.2 Å². The fourth-order valence-electron chi connectivity index (χ4n) is 3.57. The van der Waals surface area contributed by atoms with Crippen LogP contribution in [0.2, 0.25) is 0 Å². The lowest BCUT2D eigenvalue weighted by Gasteiger charge is -2.19. The molecular weight excluding hydrogens is 371 g/mol. The van der Waals surface area contributed by atoms with Gasteiger partial charge in [-0.2, -0.15) is 11.8 Å². The topological polar surface area (TPSA) is 39.7 Å². The minimum atomic E-state index is -0.181. The zero-order valence-electron chi connectivity index (χ0n) is 16.6. The zero-order chi connectivity index (χ0) is 19.8. The molecule has 2 N–H and O–H groups in total. The lowest BCUT2D eigenvalue weighted by molar-refractivity contribution is 0.565. The molecule has 0 spiro atoms. The summed E-state index contributed by atoms with van der Waals surface area (Å²) in [6.45, 7) is 3.68. The Labute approximate surface area is 171 Å². The molecule has 4 nitrogen and oxygen atoms in total. The van der Waals surface area contributed by atoms with Crippen LogP contribution in [-0.4, -0.2) is 38.9 Å². The van der Waals surface area contributed by atoms with Crippen molar-refractivity contribution in [3.8, 4) is 0 Å². The van der Waals surface area contributed by atoms with E-state index in [2.05, 4.69) is 50.9 Å². The first-order valence-electron chi connectivity index (χ1n) is 9.70. The van der Waals surface area contributed by atoms with E-state index in [0.717, 1.165) is 42.5 Å². The van der Waals surface area contributed by atoms with Gasteiger partial charge in [-0.05, 0) is 54.0 Å². The second-order valence-corrected chi connectivity index (χ2v) is 7.96. The van der Waals surface area contributed by atoms with Crippen molar-refractivity contribution in [1.82, 2.24) is 10.6 Å². The van der Waals surface area contributed by atoms with Gasteiger partial charge in [0.05, 0.1) is 0 Å². The van der Waals surface area contributed by atoms with Crippen LogP contribution in [-0.2, 0) is 12.3 Å². The number of guanidine groups is 1. The van der Waals surface area contributed by atoms with E-state index in [0.29, 0.717) is 12.5 Å². The Morgan fingerprint density at radius 1 is 1.18 bits per heavy atom. The van der Waals surface area contributed by atoms with Crippen molar-refractivity contribution in [2.24, 2.45) is 10.9 Å². The summed E-state index contributed by atoms with van der Waals surface area (Å²) in [5, 5.41) is 6.81. The number of aliphatic imine (C=N–C) groups is 1. The van der Waals surface area contributed by atoms with Gasteiger partial charge in [-0.3, -0.25) is 4.99 Å². The molecule has 28 heavy (non-hydrogen) atoms. The Morgan fingerprint density at radius 2 is 2.00 bits per heavy atom. The van der Waals surface area contributed by atoms with Crippen LogP contribution in [0.3, 0.4) is 0 Å². The summed E-state index contributed by atoms with van der Waals surface area (Å²) in [6.07, 6.45) is 3.21. The van der Waals surface area contributed by atoms with Gasteiger partial charge in [0.2, 0.25) is 0 Å². The third-order valence-corrected chi connectivity index (χ3v) is 5.70. The highest BCUT2D eigenvalue weighted by molar-refractivity contribution is 7.97. The van der Waals surface area contributed by atoms with E-state index in [1.54, 1.807) is 24.9 Å². The molecule has 2 aromatic rings. The fourth-order valence-corrected chi connectivity index (χ4v) is 4.15. The van der Waals surface area contributed by atoms with Crippen molar-refractivity contribution >= 4 is 23.4 Å². The summed E-state index contributed by atoms with van der Waals surface area (Å²) in [5.41, 5.74) is 3.43. The molecule has 0 bridgehead atoms. The molecule has 1 unspecified atom stereocenters. The highest BCUT2D eigenvalue weighted by Gasteiger charge is 2.22. The lowest BCUT2D eigenvalue weighted by Crippen LogP contribution is -2.40. The molecule has 1 fully saturated rings. The third-order valence-electron chi connectivity index (χ3n) is 5.10. The molecule has 0 amide bonds. The predicted molar refractivity (Wildman–Crippen MR) is 119 cm³/mol. The van der Waals surface area contributed by atoms with Crippen LogP contribution >= 0.6 is 11.8 Å². The Balaban J connectivity index is 1.48. The quantitative estimate of drug-likeness (QED) is 0.547. The summed E-state index contributed by atoms with van der Waals surface area (Å²) in [7, 11) is 1.79. The number of rotatable bonds is 7. The van der Waals surface area contributed by atoms with Crippen LogP contribution in [0.15, 0.2) is 53.5 Å². The number of nitrogens with zero attached hydrogens (tertiary/aromatic N) is 2. The van der Waals surface area contributed by atoms with E-state index < -0.39 is 0 Å². The first-order chi connectivity index (χ1) is 13.7. The normalized spacial score (nSPS) is 17.0.